The minimum Gasteiger partial charge on any atom is -0.470 e. The van der Waals surface area contributed by atoms with Crippen LogP contribution in [0.2, 0.25) is 0 Å². The number of amides is 1. The number of aromatic nitrogens is 2. The molecule has 1 saturated heterocycles. The molecule has 0 saturated carbocycles. The third-order valence-electron chi connectivity index (χ3n) is 5.26. The van der Waals surface area contributed by atoms with Crippen molar-refractivity contribution in [3.63, 3.8) is 0 Å². The first-order valence-electron chi connectivity index (χ1n) is 10.3. The Labute approximate surface area is 176 Å². The second-order valence-corrected chi connectivity index (χ2v) is 7.46. The molecule has 1 amide bonds. The van der Waals surface area contributed by atoms with E-state index in [1.165, 1.54) is 19.0 Å². The molecular weight excluding hydrogens is 376 g/mol. The van der Waals surface area contributed by atoms with Crippen molar-refractivity contribution in [3.8, 4) is 5.88 Å². The van der Waals surface area contributed by atoms with E-state index in [1.807, 2.05) is 55.6 Å². The summed E-state index contributed by atoms with van der Waals surface area (Å²) in [7, 11) is 0. The molecule has 0 aliphatic carbocycles. The molecule has 0 unspecified atom stereocenters. The van der Waals surface area contributed by atoms with Crippen LogP contribution in [0.1, 0.15) is 47.4 Å². The zero-order valence-corrected chi connectivity index (χ0v) is 17.1. The Bertz CT molecular complexity index is 953. The maximum absolute atomic E-state index is 12.4. The lowest BCUT2D eigenvalue weighted by atomic mass is 10.1. The van der Waals surface area contributed by atoms with Crippen molar-refractivity contribution in [2.45, 2.75) is 32.4 Å². The largest absolute Gasteiger partial charge is 0.470 e. The first-order chi connectivity index (χ1) is 14.7. The number of anilines is 1. The second kappa shape index (κ2) is 9.39. The number of ether oxygens (including phenoxy) is 1. The summed E-state index contributed by atoms with van der Waals surface area (Å²) in [4.78, 5) is 23.5. The van der Waals surface area contributed by atoms with E-state index < -0.39 is 0 Å². The van der Waals surface area contributed by atoms with Crippen LogP contribution in [0, 0.1) is 0 Å². The summed E-state index contributed by atoms with van der Waals surface area (Å²) in [5, 5.41) is 2.92. The number of carbonyl (C=O) groups is 1. The number of hydrogen-bond donors (Lipinski definition) is 1. The molecule has 6 nitrogen and oxygen atoms in total. The van der Waals surface area contributed by atoms with E-state index in [2.05, 4.69) is 20.2 Å². The van der Waals surface area contributed by atoms with E-state index >= 15 is 0 Å². The number of nitrogens with zero attached hydrogens (tertiary/aromatic N) is 3. The molecule has 1 atom stereocenters. The maximum atomic E-state index is 12.4. The molecule has 1 aliphatic heterocycles. The number of benzene rings is 1. The fourth-order valence-electron chi connectivity index (χ4n) is 3.50. The van der Waals surface area contributed by atoms with Crippen LogP contribution in [0.25, 0.3) is 0 Å². The third kappa shape index (κ3) is 4.95. The van der Waals surface area contributed by atoms with Gasteiger partial charge >= 0.3 is 0 Å². The van der Waals surface area contributed by atoms with Gasteiger partial charge in [-0.15, -0.1) is 0 Å². The summed E-state index contributed by atoms with van der Waals surface area (Å²) < 4.78 is 5.86. The van der Waals surface area contributed by atoms with Gasteiger partial charge in [0.15, 0.2) is 0 Å². The van der Waals surface area contributed by atoms with Crippen LogP contribution in [-0.2, 0) is 6.54 Å². The van der Waals surface area contributed by atoms with Gasteiger partial charge in [0.25, 0.3) is 5.91 Å². The summed E-state index contributed by atoms with van der Waals surface area (Å²) in [5.74, 6) is 1.32. The van der Waals surface area contributed by atoms with Gasteiger partial charge in [-0.1, -0.05) is 36.4 Å². The molecule has 30 heavy (non-hydrogen) atoms. The Hall–Kier alpha value is -3.41. The molecule has 3 heterocycles. The van der Waals surface area contributed by atoms with E-state index in [9.17, 15) is 4.79 Å². The predicted octanol–water partition coefficient (Wildman–Crippen LogP) is 4.15. The normalized spacial score (nSPS) is 14.4. The number of nitrogens with one attached hydrogen (secondary N) is 1. The average molecular weight is 402 g/mol. The van der Waals surface area contributed by atoms with E-state index in [-0.39, 0.29) is 12.0 Å². The van der Waals surface area contributed by atoms with Crippen molar-refractivity contribution in [3.05, 3.63) is 83.7 Å². The quantitative estimate of drug-likeness (QED) is 0.643. The van der Waals surface area contributed by atoms with E-state index in [4.69, 9.17) is 4.74 Å². The van der Waals surface area contributed by atoms with Gasteiger partial charge < -0.3 is 15.0 Å². The number of carbonyl (C=O) groups excluding carboxylic acids is 1. The monoisotopic (exact) mass is 402 g/mol. The van der Waals surface area contributed by atoms with Crippen molar-refractivity contribution in [1.29, 1.82) is 0 Å². The summed E-state index contributed by atoms with van der Waals surface area (Å²) in [5.41, 5.74) is 2.54. The molecule has 3 aromatic rings. The maximum Gasteiger partial charge on any atom is 0.253 e. The Morgan fingerprint density at radius 2 is 1.83 bits per heavy atom. The predicted molar refractivity (Wildman–Crippen MR) is 117 cm³/mol. The highest BCUT2D eigenvalue weighted by Gasteiger charge is 2.13. The van der Waals surface area contributed by atoms with Gasteiger partial charge in [0.05, 0.1) is 5.56 Å². The molecule has 1 fully saturated rings. The number of pyridine rings is 2. The zero-order chi connectivity index (χ0) is 20.8. The molecule has 0 bridgehead atoms. The van der Waals surface area contributed by atoms with Gasteiger partial charge in [-0.05, 0) is 43.0 Å². The van der Waals surface area contributed by atoms with Crippen LogP contribution >= 0.6 is 0 Å². The fourth-order valence-corrected chi connectivity index (χ4v) is 3.50. The first kappa shape index (κ1) is 19.9. The molecule has 1 aromatic carbocycles. The molecule has 1 N–H and O–H groups in total. The van der Waals surface area contributed by atoms with Crippen LogP contribution in [0.3, 0.4) is 0 Å². The first-order valence-corrected chi connectivity index (χ1v) is 10.3. The molecule has 4 rings (SSSR count). The summed E-state index contributed by atoms with van der Waals surface area (Å²) in [6.07, 6.45) is 5.70. The molecule has 0 radical (unpaired) electrons. The lowest BCUT2D eigenvalue weighted by Gasteiger charge is -2.16. The molecule has 0 spiro atoms. The number of rotatable bonds is 7. The van der Waals surface area contributed by atoms with Crippen LogP contribution in [0.15, 0.2) is 67.0 Å². The zero-order valence-electron chi connectivity index (χ0n) is 17.1. The van der Waals surface area contributed by atoms with Crippen molar-refractivity contribution < 1.29 is 9.53 Å². The molecule has 1 aliphatic rings. The smallest absolute Gasteiger partial charge is 0.253 e. The fraction of sp³-hybridized carbons (Fsp3) is 0.292. The van der Waals surface area contributed by atoms with Crippen LogP contribution in [0.4, 0.5) is 5.82 Å². The molecular formula is C24H26N4O2. The second-order valence-electron chi connectivity index (χ2n) is 7.46. The average Bonchev–Trinajstić information content (AvgIpc) is 3.34. The highest BCUT2D eigenvalue weighted by molar-refractivity contribution is 5.93. The van der Waals surface area contributed by atoms with Gasteiger partial charge in [0.2, 0.25) is 5.88 Å². The summed E-state index contributed by atoms with van der Waals surface area (Å²) in [6.45, 7) is 4.54. The van der Waals surface area contributed by atoms with Gasteiger partial charge in [0, 0.05) is 38.1 Å². The SMILES string of the molecule is C[C@H](Oc1ccc(C(=O)NCc2ccc(N3CCCC3)nc2)cn1)c1ccccc1. The minimum absolute atomic E-state index is 0.116. The van der Waals surface area contributed by atoms with Gasteiger partial charge in [0.1, 0.15) is 11.9 Å². The van der Waals surface area contributed by atoms with Gasteiger partial charge in [-0.25, -0.2) is 9.97 Å². The van der Waals surface area contributed by atoms with Crippen LogP contribution in [-0.4, -0.2) is 29.0 Å². The third-order valence-corrected chi connectivity index (χ3v) is 5.26. The van der Waals surface area contributed by atoms with Crippen molar-refractivity contribution in [2.24, 2.45) is 0 Å². The topological polar surface area (TPSA) is 67.3 Å². The minimum atomic E-state index is -0.172. The van der Waals surface area contributed by atoms with E-state index in [1.54, 1.807) is 12.1 Å². The van der Waals surface area contributed by atoms with Crippen LogP contribution in [0.5, 0.6) is 5.88 Å². The Morgan fingerprint density at radius 3 is 2.50 bits per heavy atom. The highest BCUT2D eigenvalue weighted by atomic mass is 16.5. The summed E-state index contributed by atoms with van der Waals surface area (Å²) in [6, 6.07) is 17.4. The summed E-state index contributed by atoms with van der Waals surface area (Å²) >= 11 is 0. The van der Waals surface area contributed by atoms with E-state index in [0.29, 0.717) is 18.0 Å². The van der Waals surface area contributed by atoms with Crippen molar-refractivity contribution in [2.75, 3.05) is 18.0 Å². The molecule has 6 heteroatoms. The number of hydrogen-bond acceptors (Lipinski definition) is 5. The molecule has 154 valence electrons. The van der Waals surface area contributed by atoms with Crippen LogP contribution < -0.4 is 15.0 Å². The highest BCUT2D eigenvalue weighted by Crippen LogP contribution is 2.20. The Morgan fingerprint density at radius 1 is 1.03 bits per heavy atom. The lowest BCUT2D eigenvalue weighted by molar-refractivity contribution is 0.0950. The van der Waals surface area contributed by atoms with Crippen molar-refractivity contribution in [1.82, 2.24) is 15.3 Å². The lowest BCUT2D eigenvalue weighted by Crippen LogP contribution is -2.23. The van der Waals surface area contributed by atoms with Gasteiger partial charge in [-0.2, -0.15) is 0 Å². The van der Waals surface area contributed by atoms with E-state index in [0.717, 1.165) is 30.0 Å². The van der Waals surface area contributed by atoms with Crippen molar-refractivity contribution >= 4 is 11.7 Å². The molecule has 2 aromatic heterocycles. The van der Waals surface area contributed by atoms with Gasteiger partial charge in [-0.3, -0.25) is 4.79 Å². The Balaban J connectivity index is 1.29. The Kier molecular flexibility index (Phi) is 6.23. The standard InChI is InChI=1S/C24H26N4O2/c1-18(20-7-3-2-4-8-20)30-23-12-10-21(17-26-23)24(29)27-16-19-9-11-22(25-15-19)28-13-5-6-14-28/h2-4,7-12,15,17-18H,5-6,13-14,16H2,1H3,(H,27,29)/t18-/m0/s1.